The first-order chi connectivity index (χ1) is 8.04. The molecular formula is C11H11Br2N3O. The van der Waals surface area contributed by atoms with E-state index >= 15 is 0 Å². The van der Waals surface area contributed by atoms with Gasteiger partial charge in [-0.05, 0) is 57.0 Å². The van der Waals surface area contributed by atoms with Crippen LogP contribution in [-0.4, -0.2) is 18.5 Å². The minimum atomic E-state index is -0.392. The number of halogens is 2. The van der Waals surface area contributed by atoms with E-state index in [2.05, 4.69) is 42.5 Å². The Kier molecular flexibility index (Phi) is 5.45. The summed E-state index contributed by atoms with van der Waals surface area (Å²) < 4.78 is 1.86. The van der Waals surface area contributed by atoms with Gasteiger partial charge in [-0.2, -0.15) is 5.26 Å². The Morgan fingerprint density at radius 1 is 1.47 bits per heavy atom. The number of hydrogen-bond donors (Lipinski definition) is 2. The minimum absolute atomic E-state index is 0.0227. The number of amides is 1. The Hall–Kier alpha value is -1.06. The molecule has 0 heterocycles. The number of rotatable bonds is 4. The molecule has 2 N–H and O–H groups in total. The average molecular weight is 361 g/mol. The Labute approximate surface area is 117 Å². The third-order valence-corrected chi connectivity index (χ3v) is 3.92. The van der Waals surface area contributed by atoms with Gasteiger partial charge < -0.3 is 10.6 Å². The summed E-state index contributed by atoms with van der Waals surface area (Å²) in [4.78, 5) is 11.5. The van der Waals surface area contributed by atoms with Crippen LogP contribution in [0.15, 0.2) is 27.1 Å². The second-order valence-electron chi connectivity index (χ2n) is 3.37. The van der Waals surface area contributed by atoms with E-state index in [9.17, 15) is 4.79 Å². The lowest BCUT2D eigenvalue weighted by Crippen LogP contribution is -2.37. The Balaban J connectivity index is 2.62. The summed E-state index contributed by atoms with van der Waals surface area (Å²) >= 11 is 6.75. The highest BCUT2D eigenvalue weighted by molar-refractivity contribution is 9.13. The lowest BCUT2D eigenvalue weighted by molar-refractivity contribution is -0.121. The second-order valence-corrected chi connectivity index (χ2v) is 5.08. The van der Waals surface area contributed by atoms with Gasteiger partial charge in [-0.3, -0.25) is 4.79 Å². The quantitative estimate of drug-likeness (QED) is 0.811. The van der Waals surface area contributed by atoms with E-state index < -0.39 is 6.04 Å². The number of nitrogens with zero attached hydrogens (tertiary/aromatic N) is 1. The molecule has 0 bridgehead atoms. The molecule has 6 heteroatoms. The molecule has 90 valence electrons. The highest BCUT2D eigenvalue weighted by Gasteiger charge is 2.11. The highest BCUT2D eigenvalue weighted by atomic mass is 79.9. The van der Waals surface area contributed by atoms with Crippen LogP contribution in [0.25, 0.3) is 0 Å². The van der Waals surface area contributed by atoms with E-state index in [4.69, 9.17) is 5.26 Å². The maximum atomic E-state index is 11.5. The number of anilines is 1. The molecule has 17 heavy (non-hydrogen) atoms. The molecule has 0 aromatic heterocycles. The van der Waals surface area contributed by atoms with Gasteiger partial charge in [0.05, 0.1) is 6.07 Å². The molecule has 1 amide bonds. The lowest BCUT2D eigenvalue weighted by atomic mass is 10.2. The van der Waals surface area contributed by atoms with Gasteiger partial charge in [0, 0.05) is 14.6 Å². The highest BCUT2D eigenvalue weighted by Crippen LogP contribution is 2.26. The van der Waals surface area contributed by atoms with Gasteiger partial charge in [0.2, 0.25) is 5.91 Å². The van der Waals surface area contributed by atoms with E-state index in [1.165, 1.54) is 0 Å². The van der Waals surface area contributed by atoms with E-state index in [0.717, 1.165) is 14.6 Å². The fourth-order valence-electron chi connectivity index (χ4n) is 1.18. The van der Waals surface area contributed by atoms with Crippen LogP contribution in [0.1, 0.15) is 6.92 Å². The molecule has 0 aliphatic rings. The first-order valence-electron chi connectivity index (χ1n) is 4.91. The average Bonchev–Trinajstić information content (AvgIpc) is 2.30. The Bertz CT molecular complexity index is 457. The maximum absolute atomic E-state index is 11.5. The first kappa shape index (κ1) is 14.0. The van der Waals surface area contributed by atoms with Crippen LogP contribution < -0.4 is 10.6 Å². The molecule has 0 radical (unpaired) electrons. The molecule has 0 saturated carbocycles. The van der Waals surface area contributed by atoms with E-state index in [0.29, 0.717) is 0 Å². The van der Waals surface area contributed by atoms with Crippen molar-refractivity contribution >= 4 is 43.5 Å². The fourth-order valence-corrected chi connectivity index (χ4v) is 1.81. The first-order valence-corrected chi connectivity index (χ1v) is 6.49. The summed E-state index contributed by atoms with van der Waals surface area (Å²) in [7, 11) is 0. The van der Waals surface area contributed by atoms with Gasteiger partial charge >= 0.3 is 0 Å². The third-order valence-electron chi connectivity index (χ3n) is 2.04. The monoisotopic (exact) mass is 359 g/mol. The van der Waals surface area contributed by atoms with Crippen molar-refractivity contribution in [1.82, 2.24) is 5.32 Å². The number of nitriles is 1. The molecule has 0 fully saturated rings. The summed E-state index contributed by atoms with van der Waals surface area (Å²) in [5.41, 5.74) is 0.833. The van der Waals surface area contributed by atoms with Crippen molar-refractivity contribution in [3.8, 4) is 6.07 Å². The normalized spacial score (nSPS) is 11.4. The van der Waals surface area contributed by atoms with Crippen LogP contribution in [-0.2, 0) is 4.79 Å². The number of nitrogens with one attached hydrogen (secondary N) is 2. The zero-order chi connectivity index (χ0) is 12.8. The van der Waals surface area contributed by atoms with Gasteiger partial charge in [-0.15, -0.1) is 0 Å². The molecule has 0 saturated heterocycles. The number of benzene rings is 1. The molecule has 1 atom stereocenters. The lowest BCUT2D eigenvalue weighted by Gasteiger charge is -2.14. The van der Waals surface area contributed by atoms with Crippen molar-refractivity contribution in [2.75, 3.05) is 11.9 Å². The zero-order valence-corrected chi connectivity index (χ0v) is 12.3. The minimum Gasteiger partial charge on any atom is -0.374 e. The standard InChI is InChI=1S/C11H11Br2N3O/c1-7(11(17)15-5-4-14)16-8-2-3-9(12)10(13)6-8/h2-3,6-7,16H,5H2,1H3,(H,15,17). The topological polar surface area (TPSA) is 64.9 Å². The number of carbonyl (C=O) groups excluding carboxylic acids is 1. The summed E-state index contributed by atoms with van der Waals surface area (Å²) in [6.45, 7) is 1.76. The van der Waals surface area contributed by atoms with Crippen molar-refractivity contribution < 1.29 is 4.79 Å². The van der Waals surface area contributed by atoms with Crippen molar-refractivity contribution in [2.45, 2.75) is 13.0 Å². The van der Waals surface area contributed by atoms with Crippen LogP contribution in [0.3, 0.4) is 0 Å². The third kappa shape index (κ3) is 4.36. The molecule has 0 aliphatic heterocycles. The van der Waals surface area contributed by atoms with Crippen LogP contribution in [0.2, 0.25) is 0 Å². The van der Waals surface area contributed by atoms with Crippen LogP contribution >= 0.6 is 31.9 Å². The predicted octanol–water partition coefficient (Wildman–Crippen LogP) is 2.65. The molecule has 4 nitrogen and oxygen atoms in total. The largest absolute Gasteiger partial charge is 0.374 e. The predicted molar refractivity (Wildman–Crippen MR) is 73.5 cm³/mol. The summed E-state index contributed by atoms with van der Waals surface area (Å²) in [5.74, 6) is -0.203. The number of hydrogen-bond acceptors (Lipinski definition) is 3. The van der Waals surface area contributed by atoms with E-state index in [1.54, 1.807) is 6.92 Å². The van der Waals surface area contributed by atoms with E-state index in [-0.39, 0.29) is 12.5 Å². The molecule has 1 aromatic carbocycles. The summed E-state index contributed by atoms with van der Waals surface area (Å²) in [6.07, 6.45) is 0. The molecule has 1 unspecified atom stereocenters. The van der Waals surface area contributed by atoms with Crippen molar-refractivity contribution in [2.24, 2.45) is 0 Å². The molecule has 1 rings (SSSR count). The van der Waals surface area contributed by atoms with Gasteiger partial charge in [0.1, 0.15) is 12.6 Å². The van der Waals surface area contributed by atoms with Gasteiger partial charge in [-0.1, -0.05) is 0 Å². The molecule has 0 spiro atoms. The van der Waals surface area contributed by atoms with Crippen LogP contribution in [0.5, 0.6) is 0 Å². The van der Waals surface area contributed by atoms with Crippen LogP contribution in [0, 0.1) is 11.3 Å². The smallest absolute Gasteiger partial charge is 0.243 e. The van der Waals surface area contributed by atoms with Gasteiger partial charge in [-0.25, -0.2) is 0 Å². The summed E-state index contributed by atoms with van der Waals surface area (Å²) in [5, 5.41) is 13.9. The molecular weight excluding hydrogens is 350 g/mol. The van der Waals surface area contributed by atoms with Crippen molar-refractivity contribution in [3.63, 3.8) is 0 Å². The fraction of sp³-hybridized carbons (Fsp3) is 0.273. The molecule has 0 aliphatic carbocycles. The number of carbonyl (C=O) groups is 1. The zero-order valence-electron chi connectivity index (χ0n) is 9.13. The molecule has 1 aromatic rings. The summed E-state index contributed by atoms with van der Waals surface area (Å²) in [6, 6.07) is 7.09. The Morgan fingerprint density at radius 2 is 2.18 bits per heavy atom. The van der Waals surface area contributed by atoms with Gasteiger partial charge in [0.25, 0.3) is 0 Å². The second kappa shape index (κ2) is 6.62. The maximum Gasteiger partial charge on any atom is 0.243 e. The van der Waals surface area contributed by atoms with Gasteiger partial charge in [0.15, 0.2) is 0 Å². The SMILES string of the molecule is CC(Nc1ccc(Br)c(Br)c1)C(=O)NCC#N. The van der Waals surface area contributed by atoms with E-state index in [1.807, 2.05) is 24.3 Å². The van der Waals surface area contributed by atoms with Crippen molar-refractivity contribution in [1.29, 1.82) is 5.26 Å². The van der Waals surface area contributed by atoms with Crippen LogP contribution in [0.4, 0.5) is 5.69 Å². The van der Waals surface area contributed by atoms with Crippen molar-refractivity contribution in [3.05, 3.63) is 27.1 Å². The Morgan fingerprint density at radius 3 is 2.76 bits per heavy atom.